The standard InChI is InChI=1S/C14H22N2O2/c1-2-3-6-9-18-11-13-8-5-4-7-12(13)10-14(17)16-15/h4-5,7-8H,2-3,6,9-11,15H2,1H3,(H,16,17). The lowest BCUT2D eigenvalue weighted by Gasteiger charge is -2.09. The first-order valence-electron chi connectivity index (χ1n) is 6.42. The smallest absolute Gasteiger partial charge is 0.238 e. The number of hydrogen-bond acceptors (Lipinski definition) is 3. The third-order valence-corrected chi connectivity index (χ3v) is 2.78. The monoisotopic (exact) mass is 250 g/mol. The minimum absolute atomic E-state index is 0.187. The normalized spacial score (nSPS) is 10.3. The molecule has 0 atom stereocenters. The number of nitrogens with two attached hydrogens (primary N) is 1. The number of hydrazine groups is 1. The van der Waals surface area contributed by atoms with E-state index < -0.39 is 0 Å². The van der Waals surface area contributed by atoms with E-state index in [0.29, 0.717) is 13.0 Å². The van der Waals surface area contributed by atoms with Crippen molar-refractivity contribution in [2.75, 3.05) is 6.61 Å². The summed E-state index contributed by atoms with van der Waals surface area (Å²) in [4.78, 5) is 11.3. The fourth-order valence-electron chi connectivity index (χ4n) is 1.73. The Morgan fingerprint density at radius 1 is 1.28 bits per heavy atom. The Kier molecular flexibility index (Phi) is 7.06. The fourth-order valence-corrected chi connectivity index (χ4v) is 1.73. The van der Waals surface area contributed by atoms with Crippen LogP contribution in [-0.4, -0.2) is 12.5 Å². The topological polar surface area (TPSA) is 64.3 Å². The van der Waals surface area contributed by atoms with Gasteiger partial charge in [0.15, 0.2) is 0 Å². The zero-order valence-corrected chi connectivity index (χ0v) is 10.9. The van der Waals surface area contributed by atoms with Crippen molar-refractivity contribution in [3.8, 4) is 0 Å². The van der Waals surface area contributed by atoms with Crippen LogP contribution in [0, 0.1) is 0 Å². The molecule has 4 heteroatoms. The van der Waals surface area contributed by atoms with E-state index in [1.54, 1.807) is 0 Å². The van der Waals surface area contributed by atoms with Gasteiger partial charge in [0.2, 0.25) is 5.91 Å². The quantitative estimate of drug-likeness (QED) is 0.321. The lowest BCUT2D eigenvalue weighted by molar-refractivity contribution is -0.120. The lowest BCUT2D eigenvalue weighted by atomic mass is 10.1. The Balaban J connectivity index is 2.46. The molecule has 4 nitrogen and oxygen atoms in total. The van der Waals surface area contributed by atoms with E-state index in [2.05, 4.69) is 12.3 Å². The summed E-state index contributed by atoms with van der Waals surface area (Å²) >= 11 is 0. The van der Waals surface area contributed by atoms with Gasteiger partial charge in [0.05, 0.1) is 13.0 Å². The number of rotatable bonds is 8. The van der Waals surface area contributed by atoms with Gasteiger partial charge in [0.25, 0.3) is 0 Å². The first-order valence-corrected chi connectivity index (χ1v) is 6.42. The largest absolute Gasteiger partial charge is 0.377 e. The molecule has 3 N–H and O–H groups in total. The third kappa shape index (κ3) is 5.29. The van der Waals surface area contributed by atoms with Gasteiger partial charge in [-0.25, -0.2) is 5.84 Å². The highest BCUT2D eigenvalue weighted by Gasteiger charge is 2.06. The summed E-state index contributed by atoms with van der Waals surface area (Å²) in [6, 6.07) is 7.78. The summed E-state index contributed by atoms with van der Waals surface area (Å²) in [6.45, 7) is 3.49. The van der Waals surface area contributed by atoms with Crippen LogP contribution in [0.3, 0.4) is 0 Å². The van der Waals surface area contributed by atoms with E-state index >= 15 is 0 Å². The van der Waals surface area contributed by atoms with Gasteiger partial charge >= 0.3 is 0 Å². The first kappa shape index (κ1) is 14.7. The van der Waals surface area contributed by atoms with E-state index in [1.807, 2.05) is 24.3 Å². The van der Waals surface area contributed by atoms with Gasteiger partial charge in [-0.1, -0.05) is 44.0 Å². The predicted octanol–water partition coefficient (Wildman–Crippen LogP) is 1.93. The second kappa shape index (κ2) is 8.66. The van der Waals surface area contributed by atoms with Crippen molar-refractivity contribution in [3.05, 3.63) is 35.4 Å². The number of carbonyl (C=O) groups excluding carboxylic acids is 1. The summed E-state index contributed by atoms with van der Waals surface area (Å²) in [5.41, 5.74) is 4.17. The Morgan fingerprint density at radius 3 is 2.67 bits per heavy atom. The van der Waals surface area contributed by atoms with E-state index in [1.165, 1.54) is 12.8 Å². The third-order valence-electron chi connectivity index (χ3n) is 2.78. The molecule has 0 unspecified atom stereocenters. The predicted molar refractivity (Wildman–Crippen MR) is 71.7 cm³/mol. The van der Waals surface area contributed by atoms with Gasteiger partial charge in [0, 0.05) is 6.61 Å². The Bertz CT molecular complexity index is 367. The maximum atomic E-state index is 11.3. The summed E-state index contributed by atoms with van der Waals surface area (Å²) in [5.74, 6) is 4.91. The molecule has 1 aromatic rings. The minimum Gasteiger partial charge on any atom is -0.377 e. The molecule has 1 aromatic carbocycles. The summed E-state index contributed by atoms with van der Waals surface area (Å²) in [5, 5.41) is 0. The Labute approximate surface area is 108 Å². The van der Waals surface area contributed by atoms with Crippen molar-refractivity contribution in [2.45, 2.75) is 39.2 Å². The van der Waals surface area contributed by atoms with Crippen LogP contribution in [0.1, 0.15) is 37.3 Å². The van der Waals surface area contributed by atoms with Gasteiger partial charge in [-0.2, -0.15) is 0 Å². The number of nitrogens with one attached hydrogen (secondary N) is 1. The van der Waals surface area contributed by atoms with E-state index in [0.717, 1.165) is 24.2 Å². The number of amides is 1. The van der Waals surface area contributed by atoms with Gasteiger partial charge in [0.1, 0.15) is 0 Å². The van der Waals surface area contributed by atoms with Crippen LogP contribution in [0.15, 0.2) is 24.3 Å². The molecule has 100 valence electrons. The second-order valence-corrected chi connectivity index (χ2v) is 4.27. The molecule has 0 heterocycles. The molecule has 0 spiro atoms. The van der Waals surface area contributed by atoms with E-state index in [4.69, 9.17) is 10.6 Å². The molecule has 0 radical (unpaired) electrons. The van der Waals surface area contributed by atoms with Crippen LogP contribution < -0.4 is 11.3 Å². The molecule has 0 aromatic heterocycles. The molecule has 1 rings (SSSR count). The summed E-state index contributed by atoms with van der Waals surface area (Å²) in [7, 11) is 0. The SMILES string of the molecule is CCCCCOCc1ccccc1CC(=O)NN. The molecular weight excluding hydrogens is 228 g/mol. The molecule has 0 bridgehead atoms. The number of hydrogen-bond donors (Lipinski definition) is 2. The molecule has 0 saturated heterocycles. The molecule has 0 aliphatic carbocycles. The molecular formula is C14H22N2O2. The molecule has 0 aliphatic heterocycles. The number of carbonyl (C=O) groups is 1. The zero-order valence-electron chi connectivity index (χ0n) is 10.9. The van der Waals surface area contributed by atoms with Crippen molar-refractivity contribution in [1.82, 2.24) is 5.43 Å². The second-order valence-electron chi connectivity index (χ2n) is 4.27. The average molecular weight is 250 g/mol. The summed E-state index contributed by atoms with van der Waals surface area (Å²) in [6.07, 6.45) is 3.76. The maximum absolute atomic E-state index is 11.3. The first-order chi connectivity index (χ1) is 8.77. The maximum Gasteiger partial charge on any atom is 0.238 e. The number of ether oxygens (including phenoxy) is 1. The Morgan fingerprint density at radius 2 is 2.00 bits per heavy atom. The van der Waals surface area contributed by atoms with E-state index in [9.17, 15) is 4.79 Å². The highest BCUT2D eigenvalue weighted by Crippen LogP contribution is 2.11. The highest BCUT2D eigenvalue weighted by molar-refractivity contribution is 5.78. The van der Waals surface area contributed by atoms with Crippen LogP contribution in [-0.2, 0) is 22.6 Å². The number of benzene rings is 1. The average Bonchev–Trinajstić information content (AvgIpc) is 2.40. The van der Waals surface area contributed by atoms with Crippen LogP contribution in [0.4, 0.5) is 0 Å². The van der Waals surface area contributed by atoms with Crippen molar-refractivity contribution in [2.24, 2.45) is 5.84 Å². The zero-order chi connectivity index (χ0) is 13.2. The van der Waals surface area contributed by atoms with Crippen molar-refractivity contribution >= 4 is 5.91 Å². The molecule has 0 fully saturated rings. The highest BCUT2D eigenvalue weighted by atomic mass is 16.5. The van der Waals surface area contributed by atoms with Crippen LogP contribution in [0.2, 0.25) is 0 Å². The molecule has 0 saturated carbocycles. The van der Waals surface area contributed by atoms with Crippen LogP contribution in [0.5, 0.6) is 0 Å². The summed E-state index contributed by atoms with van der Waals surface area (Å²) < 4.78 is 5.61. The molecule has 1 amide bonds. The van der Waals surface area contributed by atoms with Crippen molar-refractivity contribution in [3.63, 3.8) is 0 Å². The molecule has 18 heavy (non-hydrogen) atoms. The van der Waals surface area contributed by atoms with Gasteiger partial charge in [-0.15, -0.1) is 0 Å². The van der Waals surface area contributed by atoms with E-state index in [-0.39, 0.29) is 5.91 Å². The van der Waals surface area contributed by atoms with Crippen molar-refractivity contribution in [1.29, 1.82) is 0 Å². The number of unbranched alkanes of at least 4 members (excludes halogenated alkanes) is 2. The Hall–Kier alpha value is -1.39. The minimum atomic E-state index is -0.187. The molecule has 0 aliphatic rings. The fraction of sp³-hybridized carbons (Fsp3) is 0.500. The van der Waals surface area contributed by atoms with Gasteiger partial charge in [-0.3, -0.25) is 10.2 Å². The van der Waals surface area contributed by atoms with Gasteiger partial charge in [-0.05, 0) is 17.5 Å². The van der Waals surface area contributed by atoms with Crippen LogP contribution >= 0.6 is 0 Å². The van der Waals surface area contributed by atoms with Crippen molar-refractivity contribution < 1.29 is 9.53 Å². The van der Waals surface area contributed by atoms with Gasteiger partial charge < -0.3 is 4.74 Å². The lowest BCUT2D eigenvalue weighted by Crippen LogP contribution is -2.31. The van der Waals surface area contributed by atoms with Crippen LogP contribution in [0.25, 0.3) is 0 Å².